The first-order valence-electron chi connectivity index (χ1n) is 7.31. The molecule has 1 aromatic heterocycles. The number of aliphatic imine (C=N–C) groups is 1. The van der Waals surface area contributed by atoms with Crippen LogP contribution < -0.4 is 0 Å². The lowest BCUT2D eigenvalue weighted by molar-refractivity contribution is 0.693. The lowest BCUT2D eigenvalue weighted by atomic mass is 9.92. The summed E-state index contributed by atoms with van der Waals surface area (Å²) in [6.07, 6.45) is 6.32. The molecule has 0 aliphatic carbocycles. The number of nitrogens with zero attached hydrogens (tertiary/aromatic N) is 2. The predicted molar refractivity (Wildman–Crippen MR) is 96.5 cm³/mol. The van der Waals surface area contributed by atoms with E-state index < -0.39 is 10.8 Å². The Morgan fingerprint density at radius 3 is 2.78 bits per heavy atom. The molecule has 1 unspecified atom stereocenters. The topological polar surface area (TPSA) is 58.1 Å². The molecule has 0 saturated heterocycles. The second kappa shape index (κ2) is 5.94. The first-order valence-corrected chi connectivity index (χ1v) is 9.68. The number of fused-ring (bicyclic) bond motifs is 1. The highest BCUT2D eigenvalue weighted by atomic mass is 32.2. The summed E-state index contributed by atoms with van der Waals surface area (Å²) in [5.41, 5.74) is 4.16. The van der Waals surface area contributed by atoms with Gasteiger partial charge < -0.3 is 0 Å². The molecule has 0 radical (unpaired) electrons. The Morgan fingerprint density at radius 1 is 1.26 bits per heavy atom. The standard InChI is InChI=1S/C17H15N3OS2/c1-22-17-13-10-18-15(11-5-3-2-4-6-11)9-12(13)16(23(17)21)14-7-8-19-20-14/h2-8,10,15H,9H2,1H3,(H,19,20)/t15-,23?/m1/s1. The molecule has 1 aromatic carbocycles. The maximum absolute atomic E-state index is 12.9. The summed E-state index contributed by atoms with van der Waals surface area (Å²) >= 11 is 1.54. The van der Waals surface area contributed by atoms with Gasteiger partial charge in [-0.1, -0.05) is 30.3 Å². The van der Waals surface area contributed by atoms with Gasteiger partial charge in [-0.25, -0.2) is 4.21 Å². The van der Waals surface area contributed by atoms with Gasteiger partial charge in [0.15, 0.2) is 0 Å². The number of allylic oxidation sites excluding steroid dienone is 1. The van der Waals surface area contributed by atoms with E-state index in [1.165, 1.54) is 17.3 Å². The van der Waals surface area contributed by atoms with E-state index in [9.17, 15) is 4.21 Å². The van der Waals surface area contributed by atoms with Crippen molar-refractivity contribution in [1.82, 2.24) is 10.2 Å². The minimum Gasteiger partial charge on any atom is -0.284 e. The lowest BCUT2D eigenvalue weighted by Gasteiger charge is -2.20. The van der Waals surface area contributed by atoms with Crippen LogP contribution >= 0.6 is 11.8 Å². The van der Waals surface area contributed by atoms with Crippen molar-refractivity contribution in [3.63, 3.8) is 0 Å². The van der Waals surface area contributed by atoms with Crippen molar-refractivity contribution in [1.29, 1.82) is 0 Å². The van der Waals surface area contributed by atoms with Crippen molar-refractivity contribution in [2.45, 2.75) is 12.5 Å². The summed E-state index contributed by atoms with van der Waals surface area (Å²) in [5.74, 6) is 0. The number of hydrogen-bond donors (Lipinski definition) is 1. The van der Waals surface area contributed by atoms with E-state index in [1.807, 2.05) is 36.7 Å². The average Bonchev–Trinajstić information content (AvgIpc) is 3.20. The average molecular weight is 341 g/mol. The normalized spacial score (nSPS) is 23.5. The second-order valence-electron chi connectivity index (χ2n) is 5.36. The monoisotopic (exact) mass is 341 g/mol. The fourth-order valence-electron chi connectivity index (χ4n) is 3.00. The Balaban J connectivity index is 1.83. The van der Waals surface area contributed by atoms with Gasteiger partial charge in [0.2, 0.25) is 0 Å². The van der Waals surface area contributed by atoms with Crippen molar-refractivity contribution in [3.8, 4) is 0 Å². The quantitative estimate of drug-likeness (QED) is 0.926. The van der Waals surface area contributed by atoms with Crippen LogP contribution in [0.5, 0.6) is 0 Å². The number of aromatic amines is 1. The van der Waals surface area contributed by atoms with Crippen molar-refractivity contribution in [2.75, 3.05) is 6.26 Å². The lowest BCUT2D eigenvalue weighted by Crippen LogP contribution is -2.07. The summed E-state index contributed by atoms with van der Waals surface area (Å²) in [6, 6.07) is 12.2. The molecule has 0 bridgehead atoms. The molecule has 0 saturated carbocycles. The molecule has 0 amide bonds. The van der Waals surface area contributed by atoms with Gasteiger partial charge in [0.1, 0.15) is 0 Å². The van der Waals surface area contributed by atoms with Crippen molar-refractivity contribution < 1.29 is 4.21 Å². The number of H-pyrrole nitrogens is 1. The van der Waals surface area contributed by atoms with Crippen molar-refractivity contribution in [3.05, 3.63) is 69.2 Å². The molecule has 1 N–H and O–H groups in total. The maximum atomic E-state index is 12.9. The minimum atomic E-state index is -1.16. The number of thioether (sulfide) groups is 1. The molecule has 2 aromatic rings. The number of benzene rings is 1. The van der Waals surface area contributed by atoms with Gasteiger partial charge in [-0.15, -0.1) is 11.8 Å². The van der Waals surface area contributed by atoms with Crippen LogP contribution in [-0.4, -0.2) is 26.9 Å². The Labute approximate surface area is 141 Å². The van der Waals surface area contributed by atoms with Crippen LogP contribution in [0, 0.1) is 0 Å². The number of rotatable bonds is 3. The van der Waals surface area contributed by atoms with Crippen molar-refractivity contribution in [2.24, 2.45) is 4.99 Å². The van der Waals surface area contributed by atoms with Gasteiger partial charge in [-0.05, 0) is 23.5 Å². The third-order valence-electron chi connectivity index (χ3n) is 4.07. The van der Waals surface area contributed by atoms with Crippen molar-refractivity contribution >= 4 is 33.7 Å². The molecular weight excluding hydrogens is 326 g/mol. The smallest absolute Gasteiger partial charge is 0.0946 e. The third kappa shape index (κ3) is 2.42. The zero-order valence-corrected chi connectivity index (χ0v) is 14.2. The molecule has 0 spiro atoms. The van der Waals surface area contributed by atoms with Crippen LogP contribution in [0.3, 0.4) is 0 Å². The van der Waals surface area contributed by atoms with E-state index in [2.05, 4.69) is 22.3 Å². The van der Waals surface area contributed by atoms with Crippen LogP contribution in [0.15, 0.2) is 63.0 Å². The van der Waals surface area contributed by atoms with E-state index in [0.717, 1.165) is 32.4 Å². The highest BCUT2D eigenvalue weighted by Gasteiger charge is 2.35. The molecular formula is C17H15N3OS2. The Kier molecular flexibility index (Phi) is 3.79. The fourth-order valence-corrected chi connectivity index (χ4v) is 5.55. The van der Waals surface area contributed by atoms with E-state index in [-0.39, 0.29) is 6.04 Å². The maximum Gasteiger partial charge on any atom is 0.0946 e. The zero-order valence-electron chi connectivity index (χ0n) is 12.5. The molecule has 0 fully saturated rings. The SMILES string of the molecule is CSC1=C2C=N[C@@H](c3ccccc3)CC2=C(c2ccn[nH]2)S1=O. The molecule has 3 heterocycles. The zero-order chi connectivity index (χ0) is 15.8. The number of nitrogens with one attached hydrogen (secondary N) is 1. The highest BCUT2D eigenvalue weighted by molar-refractivity contribution is 8.19. The van der Waals surface area contributed by atoms with Gasteiger partial charge >= 0.3 is 0 Å². The van der Waals surface area contributed by atoms with E-state index in [4.69, 9.17) is 4.99 Å². The molecule has 6 heteroatoms. The van der Waals surface area contributed by atoms with Crippen LogP contribution in [0.25, 0.3) is 4.91 Å². The summed E-state index contributed by atoms with van der Waals surface area (Å²) in [4.78, 5) is 5.56. The van der Waals surface area contributed by atoms with E-state index in [0.29, 0.717) is 0 Å². The van der Waals surface area contributed by atoms with Gasteiger partial charge in [-0.2, -0.15) is 5.10 Å². The van der Waals surface area contributed by atoms with Crippen LogP contribution in [-0.2, 0) is 10.8 Å². The summed E-state index contributed by atoms with van der Waals surface area (Å²) < 4.78 is 13.8. The van der Waals surface area contributed by atoms with Gasteiger partial charge in [0, 0.05) is 24.4 Å². The Bertz CT molecular complexity index is 851. The van der Waals surface area contributed by atoms with Crippen LogP contribution in [0.2, 0.25) is 0 Å². The first kappa shape index (κ1) is 14.7. The molecule has 2 aliphatic heterocycles. The summed E-state index contributed by atoms with van der Waals surface area (Å²) in [6.45, 7) is 0. The Hall–Kier alpha value is -1.92. The Morgan fingerprint density at radius 2 is 2.09 bits per heavy atom. The van der Waals surface area contributed by atoms with Crippen LogP contribution in [0.1, 0.15) is 23.7 Å². The molecule has 23 heavy (non-hydrogen) atoms. The van der Waals surface area contributed by atoms with E-state index in [1.54, 1.807) is 6.20 Å². The third-order valence-corrected chi connectivity index (χ3v) is 7.01. The number of aromatic nitrogens is 2. The van der Waals surface area contributed by atoms with Gasteiger partial charge in [0.25, 0.3) is 0 Å². The second-order valence-corrected chi connectivity index (χ2v) is 7.79. The van der Waals surface area contributed by atoms with Crippen LogP contribution in [0.4, 0.5) is 0 Å². The van der Waals surface area contributed by atoms with Gasteiger partial charge in [-0.3, -0.25) is 10.1 Å². The largest absolute Gasteiger partial charge is 0.284 e. The van der Waals surface area contributed by atoms with E-state index >= 15 is 0 Å². The molecule has 4 rings (SSSR count). The van der Waals surface area contributed by atoms with Gasteiger partial charge in [0.05, 0.1) is 31.7 Å². The number of hydrogen-bond acceptors (Lipinski definition) is 4. The minimum absolute atomic E-state index is 0.0751. The molecule has 4 nitrogen and oxygen atoms in total. The summed E-state index contributed by atoms with van der Waals surface area (Å²) in [7, 11) is -1.16. The molecule has 2 atom stereocenters. The highest BCUT2D eigenvalue weighted by Crippen LogP contribution is 2.47. The summed E-state index contributed by atoms with van der Waals surface area (Å²) in [5, 5.41) is 6.97. The first-order chi connectivity index (χ1) is 11.3. The predicted octanol–water partition coefficient (Wildman–Crippen LogP) is 3.67. The fraction of sp³-hybridized carbons (Fsp3) is 0.176. The molecule has 2 aliphatic rings. The molecule has 116 valence electrons.